The summed E-state index contributed by atoms with van der Waals surface area (Å²) in [5.74, 6) is -0.535. The van der Waals surface area contributed by atoms with Crippen LogP contribution in [-0.4, -0.2) is 43.3 Å². The molecule has 1 heterocycles. The highest BCUT2D eigenvalue weighted by Gasteiger charge is 2.20. The zero-order valence-electron chi connectivity index (χ0n) is 20.2. The molecule has 1 amide bonds. The fourth-order valence-electron chi connectivity index (χ4n) is 3.81. The number of amidine groups is 1. The lowest BCUT2D eigenvalue weighted by molar-refractivity contribution is -0.152. The second-order valence-electron chi connectivity index (χ2n) is 7.93. The summed E-state index contributed by atoms with van der Waals surface area (Å²) in [6.07, 6.45) is 0.936. The summed E-state index contributed by atoms with van der Waals surface area (Å²) in [6.45, 7) is -0.663. The van der Waals surface area contributed by atoms with Gasteiger partial charge in [-0.3, -0.25) is 10.2 Å². The molecule has 0 saturated carbocycles. The molecule has 0 aliphatic heterocycles. The molecule has 0 radical (unpaired) electrons. The molecule has 1 aromatic heterocycles. The third-order valence-corrected chi connectivity index (χ3v) is 5.70. The van der Waals surface area contributed by atoms with E-state index in [9.17, 15) is 18.0 Å². The molecule has 37 heavy (non-hydrogen) atoms. The molecule has 0 bridgehead atoms. The summed E-state index contributed by atoms with van der Waals surface area (Å²) in [4.78, 5) is 20.6. The third kappa shape index (κ3) is 6.95. The summed E-state index contributed by atoms with van der Waals surface area (Å²) in [5.41, 5.74) is 2.67. The molecular weight excluding hydrogens is 511 g/mol. The molecule has 3 aromatic rings. The Morgan fingerprint density at radius 3 is 2.73 bits per heavy atom. The van der Waals surface area contributed by atoms with Crippen LogP contribution >= 0.6 is 11.6 Å². The Labute approximate surface area is 216 Å². The Morgan fingerprint density at radius 1 is 1.30 bits per heavy atom. The van der Waals surface area contributed by atoms with Gasteiger partial charge in [-0.15, -0.1) is 0 Å². The first kappa shape index (κ1) is 27.9. The number of amides is 1. The van der Waals surface area contributed by atoms with Crippen LogP contribution in [0, 0.1) is 18.2 Å². The van der Waals surface area contributed by atoms with Crippen LogP contribution in [0.4, 0.5) is 13.2 Å². The number of para-hydroxylation sites is 1. The highest BCUT2D eigenvalue weighted by Crippen LogP contribution is 2.31. The molecule has 0 fully saturated rings. The van der Waals surface area contributed by atoms with Gasteiger partial charge in [0.05, 0.1) is 11.1 Å². The van der Waals surface area contributed by atoms with Crippen LogP contribution < -0.4 is 15.4 Å². The Balaban J connectivity index is 1.94. The van der Waals surface area contributed by atoms with E-state index >= 15 is 0 Å². The first-order valence-electron chi connectivity index (χ1n) is 11.1. The van der Waals surface area contributed by atoms with Gasteiger partial charge in [0.25, 0.3) is 0 Å². The average Bonchev–Trinajstić information content (AvgIpc) is 2.84. The SMILES string of the molecule is CN/C(=N\C=N)c1cc(C)nc2c(OCc3c(Cl)cc(F)cc3[C@H](C)NC(=O)COC(F)F)cccc12. The van der Waals surface area contributed by atoms with E-state index in [1.165, 1.54) is 6.07 Å². The van der Waals surface area contributed by atoms with Crippen molar-refractivity contribution in [1.29, 1.82) is 5.41 Å². The largest absolute Gasteiger partial charge is 0.487 e. The number of aromatic nitrogens is 1. The molecule has 0 aliphatic rings. The zero-order chi connectivity index (χ0) is 27.1. The number of fused-ring (bicyclic) bond motifs is 1. The van der Waals surface area contributed by atoms with Gasteiger partial charge in [0.2, 0.25) is 5.91 Å². The average molecular weight is 536 g/mol. The van der Waals surface area contributed by atoms with E-state index in [4.69, 9.17) is 21.7 Å². The maximum Gasteiger partial charge on any atom is 0.345 e. The molecule has 0 saturated heterocycles. The van der Waals surface area contributed by atoms with E-state index in [2.05, 4.69) is 25.3 Å². The second kappa shape index (κ2) is 12.5. The quantitative estimate of drug-likeness (QED) is 0.253. The number of rotatable bonds is 10. The lowest BCUT2D eigenvalue weighted by atomic mass is 10.0. The van der Waals surface area contributed by atoms with E-state index in [1.54, 1.807) is 26.1 Å². The molecule has 2 aromatic carbocycles. The minimum atomic E-state index is -3.09. The molecule has 0 aliphatic carbocycles. The number of ether oxygens (including phenoxy) is 2. The van der Waals surface area contributed by atoms with Gasteiger partial charge in [-0.25, -0.2) is 14.4 Å². The Hall–Kier alpha value is -3.70. The third-order valence-electron chi connectivity index (χ3n) is 5.37. The summed E-state index contributed by atoms with van der Waals surface area (Å²) in [7, 11) is 1.70. The van der Waals surface area contributed by atoms with Crippen molar-refractivity contribution in [2.24, 2.45) is 4.99 Å². The van der Waals surface area contributed by atoms with Gasteiger partial charge in [-0.1, -0.05) is 23.7 Å². The fraction of sp³-hybridized carbons (Fsp3) is 0.280. The maximum atomic E-state index is 14.2. The normalized spacial score (nSPS) is 12.5. The summed E-state index contributed by atoms with van der Waals surface area (Å²) < 4.78 is 48.8. The van der Waals surface area contributed by atoms with Crippen molar-refractivity contribution in [2.45, 2.75) is 33.1 Å². The number of hydrogen-bond donors (Lipinski definition) is 3. The van der Waals surface area contributed by atoms with E-state index in [0.29, 0.717) is 33.9 Å². The monoisotopic (exact) mass is 535 g/mol. The number of aryl methyl sites for hydroxylation is 1. The zero-order valence-corrected chi connectivity index (χ0v) is 21.0. The van der Waals surface area contributed by atoms with Gasteiger partial charge in [0.15, 0.2) is 0 Å². The number of aliphatic imine (C=N–C) groups is 1. The van der Waals surface area contributed by atoms with Crippen molar-refractivity contribution in [3.63, 3.8) is 0 Å². The van der Waals surface area contributed by atoms with Crippen LogP contribution in [0.1, 0.15) is 35.3 Å². The van der Waals surface area contributed by atoms with Crippen LogP contribution in [0.3, 0.4) is 0 Å². The molecule has 8 nitrogen and oxygen atoms in total. The first-order valence-corrected chi connectivity index (χ1v) is 11.5. The Morgan fingerprint density at radius 2 is 2.05 bits per heavy atom. The van der Waals surface area contributed by atoms with E-state index in [1.807, 2.05) is 19.1 Å². The molecule has 1 atom stereocenters. The Kier molecular flexibility index (Phi) is 9.42. The van der Waals surface area contributed by atoms with Crippen molar-refractivity contribution in [1.82, 2.24) is 15.6 Å². The molecule has 0 spiro atoms. The molecule has 3 N–H and O–H groups in total. The predicted molar refractivity (Wildman–Crippen MR) is 135 cm³/mol. The minimum absolute atomic E-state index is 0.0700. The van der Waals surface area contributed by atoms with E-state index in [0.717, 1.165) is 23.4 Å². The van der Waals surface area contributed by atoms with E-state index in [-0.39, 0.29) is 11.6 Å². The van der Waals surface area contributed by atoms with Gasteiger partial charge < -0.3 is 20.1 Å². The van der Waals surface area contributed by atoms with Crippen LogP contribution in [0.5, 0.6) is 5.75 Å². The molecular formula is C25H25ClF3N5O3. The number of carbonyl (C=O) groups excluding carboxylic acids is 1. The number of halogens is 4. The number of carbonyl (C=O) groups is 1. The fourth-order valence-corrected chi connectivity index (χ4v) is 4.08. The number of benzene rings is 2. The van der Waals surface area contributed by atoms with Gasteiger partial charge in [0.1, 0.15) is 42.5 Å². The van der Waals surface area contributed by atoms with Crippen molar-refractivity contribution in [2.75, 3.05) is 13.7 Å². The van der Waals surface area contributed by atoms with Gasteiger partial charge in [-0.2, -0.15) is 8.78 Å². The molecule has 196 valence electrons. The number of nitrogens with zero attached hydrogens (tertiary/aromatic N) is 2. The topological polar surface area (TPSA) is 109 Å². The highest BCUT2D eigenvalue weighted by molar-refractivity contribution is 6.31. The van der Waals surface area contributed by atoms with Crippen LogP contribution in [0.15, 0.2) is 41.4 Å². The van der Waals surface area contributed by atoms with Crippen LogP contribution in [-0.2, 0) is 16.1 Å². The smallest absolute Gasteiger partial charge is 0.345 e. The molecule has 12 heteroatoms. The van der Waals surface area contributed by atoms with Gasteiger partial charge in [-0.05, 0) is 43.7 Å². The molecule has 3 rings (SSSR count). The van der Waals surface area contributed by atoms with E-state index < -0.39 is 31.0 Å². The standard InChI is InChI=1S/C25H25ClF3N5O3/c1-13-7-18(24(31-3)32-12-30)16-5-4-6-21(23(16)33-13)36-10-19-17(8-15(27)9-20(19)26)14(2)34-22(35)11-37-25(28)29/h4-9,12,14,25H,10-11H2,1-3H3,(H,34,35)(H2,30,31,32)/t14-/m0/s1. The Bertz CT molecular complexity index is 1340. The van der Waals surface area contributed by atoms with Gasteiger partial charge >= 0.3 is 6.61 Å². The van der Waals surface area contributed by atoms with Crippen molar-refractivity contribution in [3.8, 4) is 5.75 Å². The number of pyridine rings is 1. The second-order valence-corrected chi connectivity index (χ2v) is 8.33. The summed E-state index contributed by atoms with van der Waals surface area (Å²) in [5, 5.41) is 13.6. The summed E-state index contributed by atoms with van der Waals surface area (Å²) >= 11 is 6.33. The van der Waals surface area contributed by atoms with Crippen LogP contribution in [0.2, 0.25) is 5.02 Å². The number of nitrogens with one attached hydrogen (secondary N) is 3. The van der Waals surface area contributed by atoms with Gasteiger partial charge in [0, 0.05) is 29.3 Å². The lowest BCUT2D eigenvalue weighted by Crippen LogP contribution is -2.31. The van der Waals surface area contributed by atoms with Crippen molar-refractivity contribution >= 4 is 40.6 Å². The van der Waals surface area contributed by atoms with Crippen LogP contribution in [0.25, 0.3) is 10.9 Å². The lowest BCUT2D eigenvalue weighted by Gasteiger charge is -2.20. The van der Waals surface area contributed by atoms with Crippen molar-refractivity contribution < 1.29 is 27.4 Å². The first-order chi connectivity index (χ1) is 17.6. The molecule has 0 unspecified atom stereocenters. The maximum absolute atomic E-state index is 14.2. The predicted octanol–water partition coefficient (Wildman–Crippen LogP) is 4.90. The number of hydrogen-bond acceptors (Lipinski definition) is 5. The highest BCUT2D eigenvalue weighted by atomic mass is 35.5. The summed E-state index contributed by atoms with van der Waals surface area (Å²) in [6, 6.07) is 8.70. The van der Waals surface area contributed by atoms with Crippen molar-refractivity contribution in [3.05, 3.63) is 69.6 Å². The number of alkyl halides is 2. The minimum Gasteiger partial charge on any atom is -0.487 e.